The van der Waals surface area contributed by atoms with Gasteiger partial charge in [-0.2, -0.15) is 0 Å². The van der Waals surface area contributed by atoms with E-state index in [4.69, 9.17) is 33.5 Å². The lowest BCUT2D eigenvalue weighted by atomic mass is 9.95. The smallest absolute Gasteiger partial charge is 0.349 e. The van der Waals surface area contributed by atoms with Gasteiger partial charge in [0.1, 0.15) is 0 Å². The largest absolute Gasteiger partial charge is 0.466 e. The van der Waals surface area contributed by atoms with Gasteiger partial charge in [-0.05, 0) is 12.8 Å². The molecule has 8 heteroatoms. The molecule has 0 aromatic heterocycles. The van der Waals surface area contributed by atoms with Crippen LogP contribution >= 0.6 is 7.82 Å². The molecule has 2 unspecified atom stereocenters. The summed E-state index contributed by atoms with van der Waals surface area (Å²) >= 11 is 0. The normalized spacial score (nSPS) is 20.6. The van der Waals surface area contributed by atoms with Crippen molar-refractivity contribution in [1.82, 2.24) is 0 Å². The fourth-order valence-corrected chi connectivity index (χ4v) is 7.19. The van der Waals surface area contributed by atoms with E-state index in [1.54, 1.807) is 0 Å². The van der Waals surface area contributed by atoms with E-state index in [-0.39, 0.29) is 11.6 Å². The quantitative estimate of drug-likeness (QED) is 0.0452. The van der Waals surface area contributed by atoms with Crippen molar-refractivity contribution < 1.29 is 33.5 Å². The van der Waals surface area contributed by atoms with Crippen molar-refractivity contribution in [3.8, 4) is 0 Å². The van der Waals surface area contributed by atoms with Crippen molar-refractivity contribution in [1.29, 1.82) is 0 Å². The second kappa shape index (κ2) is 30.6. The Hall–Kier alpha value is -0.0100. The van der Waals surface area contributed by atoms with Crippen molar-refractivity contribution in [3.63, 3.8) is 0 Å². The van der Waals surface area contributed by atoms with Crippen LogP contribution in [0.2, 0.25) is 0 Å². The Bertz CT molecular complexity index is 677. The second-order valence-corrected chi connectivity index (χ2v) is 16.1. The van der Waals surface area contributed by atoms with E-state index < -0.39 is 7.82 Å². The van der Waals surface area contributed by atoms with Crippen molar-refractivity contribution in [3.05, 3.63) is 0 Å². The molecule has 0 aromatic rings. The summed E-state index contributed by atoms with van der Waals surface area (Å²) in [5, 5.41) is 0. The van der Waals surface area contributed by atoms with Gasteiger partial charge in [0.15, 0.2) is 11.6 Å². The molecule has 3 N–H and O–H groups in total. The Morgan fingerprint density at radius 3 is 0.792 bits per heavy atom. The average Bonchev–Trinajstić information content (AvgIpc) is 3.01. The fraction of sp³-hybridized carbons (Fsp3) is 1.00. The summed E-state index contributed by atoms with van der Waals surface area (Å²) in [6.45, 7) is 6.31. The van der Waals surface area contributed by atoms with Crippen LogP contribution in [0.4, 0.5) is 0 Å². The van der Waals surface area contributed by atoms with Gasteiger partial charge in [0.25, 0.3) is 0 Å². The molecule has 288 valence electrons. The first-order valence-electron chi connectivity index (χ1n) is 21.0. The topological polar surface area (TPSA) is 105 Å². The zero-order valence-electron chi connectivity index (χ0n) is 31.9. The Kier molecular flexibility index (Phi) is 29.3. The van der Waals surface area contributed by atoms with Gasteiger partial charge in [0.05, 0.1) is 13.2 Å². The summed E-state index contributed by atoms with van der Waals surface area (Å²) in [4.78, 5) is 21.6. The van der Waals surface area contributed by atoms with Crippen molar-refractivity contribution >= 4 is 7.82 Å². The van der Waals surface area contributed by atoms with E-state index in [1.807, 2.05) is 0 Å². The van der Waals surface area contributed by atoms with Gasteiger partial charge < -0.3 is 28.9 Å². The van der Waals surface area contributed by atoms with Gasteiger partial charge in [-0.3, -0.25) is 0 Å². The number of phosphoric acid groups is 1. The summed E-state index contributed by atoms with van der Waals surface area (Å²) in [7, 11) is -4.64. The highest BCUT2D eigenvalue weighted by Gasteiger charge is 2.50. The molecular formula is C40H81O7P. The van der Waals surface area contributed by atoms with Gasteiger partial charge in [-0.15, -0.1) is 0 Å². The standard InChI is InChI=1S/C40H78O3.H3O4P/c1-3-5-7-9-11-13-15-17-19-21-23-25-27-29-31-33-39(35-37-41-39)43-40(36-38-42-40)34-32-30-28-26-24-22-20-18-16-14-12-10-8-6-4-2;1-5(2,3)4/h3-38H2,1-2H3;(H3,1,2,3,4). The van der Waals surface area contributed by atoms with Gasteiger partial charge in [0, 0.05) is 25.7 Å². The zero-order valence-corrected chi connectivity index (χ0v) is 32.8. The fourth-order valence-electron chi connectivity index (χ4n) is 7.19. The van der Waals surface area contributed by atoms with Crippen LogP contribution in [0, 0.1) is 0 Å². The Morgan fingerprint density at radius 1 is 0.438 bits per heavy atom. The van der Waals surface area contributed by atoms with Crippen LogP contribution in [-0.2, 0) is 18.8 Å². The van der Waals surface area contributed by atoms with Crippen molar-refractivity contribution in [2.45, 2.75) is 244 Å². The second-order valence-electron chi connectivity index (χ2n) is 15.0. The number of hydrogen-bond donors (Lipinski definition) is 3. The monoisotopic (exact) mass is 705 g/mol. The van der Waals surface area contributed by atoms with Crippen molar-refractivity contribution in [2.75, 3.05) is 13.2 Å². The Morgan fingerprint density at radius 2 is 0.625 bits per heavy atom. The molecule has 2 fully saturated rings. The first-order chi connectivity index (χ1) is 23.2. The van der Waals surface area contributed by atoms with Crippen LogP contribution in [0.25, 0.3) is 0 Å². The summed E-state index contributed by atoms with van der Waals surface area (Å²) in [5.74, 6) is -0.682. The van der Waals surface area contributed by atoms with Gasteiger partial charge in [0.2, 0.25) is 0 Å². The molecule has 2 aliphatic rings. The first kappa shape index (κ1) is 46.0. The van der Waals surface area contributed by atoms with Crippen LogP contribution in [-0.4, -0.2) is 39.5 Å². The predicted octanol–water partition coefficient (Wildman–Crippen LogP) is 12.8. The van der Waals surface area contributed by atoms with Crippen molar-refractivity contribution in [2.24, 2.45) is 0 Å². The molecule has 0 aromatic carbocycles. The minimum Gasteiger partial charge on any atom is -0.349 e. The van der Waals surface area contributed by atoms with Gasteiger partial charge >= 0.3 is 7.82 Å². The maximum atomic E-state index is 8.88. The number of hydrogen-bond acceptors (Lipinski definition) is 4. The zero-order chi connectivity index (χ0) is 35.1. The molecule has 0 aliphatic carbocycles. The van der Waals surface area contributed by atoms with E-state index >= 15 is 0 Å². The molecule has 0 radical (unpaired) electrons. The van der Waals surface area contributed by atoms with Crippen LogP contribution in [0.15, 0.2) is 0 Å². The number of ether oxygens (including phenoxy) is 3. The van der Waals surface area contributed by atoms with Gasteiger partial charge in [-0.1, -0.05) is 194 Å². The Balaban J connectivity index is 0.00000213. The van der Waals surface area contributed by atoms with E-state index in [1.165, 1.54) is 193 Å². The van der Waals surface area contributed by atoms with Crippen LogP contribution in [0.5, 0.6) is 0 Å². The van der Waals surface area contributed by atoms with Crippen LogP contribution in [0.1, 0.15) is 232 Å². The maximum Gasteiger partial charge on any atom is 0.466 e. The molecule has 2 saturated heterocycles. The minimum absolute atomic E-state index is 0.341. The maximum absolute atomic E-state index is 8.88. The average molecular weight is 705 g/mol. The predicted molar refractivity (Wildman–Crippen MR) is 201 cm³/mol. The lowest BCUT2D eigenvalue weighted by molar-refractivity contribution is -0.432. The molecule has 48 heavy (non-hydrogen) atoms. The molecule has 0 spiro atoms. The lowest BCUT2D eigenvalue weighted by Crippen LogP contribution is -2.57. The molecule has 2 aliphatic heterocycles. The molecule has 7 nitrogen and oxygen atoms in total. The minimum atomic E-state index is -4.64. The molecule has 0 bridgehead atoms. The Labute approximate surface area is 297 Å². The highest BCUT2D eigenvalue weighted by Crippen LogP contribution is 2.44. The third kappa shape index (κ3) is 27.7. The number of rotatable bonds is 34. The van der Waals surface area contributed by atoms with Crippen LogP contribution < -0.4 is 0 Å². The molecule has 0 amide bonds. The van der Waals surface area contributed by atoms with E-state index in [9.17, 15) is 0 Å². The molecular weight excluding hydrogens is 623 g/mol. The highest BCUT2D eigenvalue weighted by atomic mass is 31.2. The van der Waals surface area contributed by atoms with Gasteiger partial charge in [-0.25, -0.2) is 4.57 Å². The molecule has 2 atom stereocenters. The third-order valence-electron chi connectivity index (χ3n) is 10.4. The molecule has 0 saturated carbocycles. The van der Waals surface area contributed by atoms with E-state index in [2.05, 4.69) is 13.8 Å². The summed E-state index contributed by atoms with van der Waals surface area (Å²) in [5.41, 5.74) is 0. The van der Waals surface area contributed by atoms with E-state index in [0.717, 1.165) is 38.9 Å². The summed E-state index contributed by atoms with van der Waals surface area (Å²) in [6, 6.07) is 0. The SMILES string of the molecule is CCCCCCCCCCCCCCCCCC1(OC2(CCCCCCCCCCCCCCCCC)CCO2)CCO1.O=P(O)(O)O. The molecule has 2 rings (SSSR count). The highest BCUT2D eigenvalue weighted by molar-refractivity contribution is 7.45. The van der Waals surface area contributed by atoms with E-state index in [0.29, 0.717) is 0 Å². The summed E-state index contributed by atoms with van der Waals surface area (Å²) < 4.78 is 27.8. The molecule has 2 heterocycles. The third-order valence-corrected chi connectivity index (χ3v) is 10.4. The first-order valence-corrected chi connectivity index (χ1v) is 22.6. The lowest BCUT2D eigenvalue weighted by Gasteiger charge is -2.51. The number of unbranched alkanes of at least 4 members (excludes halogenated alkanes) is 28. The van der Waals surface area contributed by atoms with Crippen LogP contribution in [0.3, 0.4) is 0 Å². The summed E-state index contributed by atoms with van der Waals surface area (Å²) in [6.07, 6.45) is 46.5.